The molecule has 7 N–H and O–H groups in total. The molecule has 0 heterocycles. The van der Waals surface area contributed by atoms with E-state index in [9.17, 15) is 31.3 Å². The number of azo groups is 2. The van der Waals surface area contributed by atoms with Crippen molar-refractivity contribution in [2.45, 2.75) is 33.1 Å². The van der Waals surface area contributed by atoms with E-state index < -0.39 is 26.0 Å². The van der Waals surface area contributed by atoms with Crippen molar-refractivity contribution in [1.29, 1.82) is 0 Å². The normalized spacial score (nSPS) is 12.0. The number of aryl methyl sites for hydroxylation is 2. The number of benzene rings is 7. The Morgan fingerprint density at radius 3 is 1.97 bits per heavy atom. The number of phenolic OH excluding ortho intramolecular Hbond substituents is 1. The highest BCUT2D eigenvalue weighted by atomic mass is 32.2. The van der Waals surface area contributed by atoms with Crippen LogP contribution in [0.2, 0.25) is 0 Å². The zero-order valence-corrected chi connectivity index (χ0v) is 38.0. The average molecular weight is 946 g/mol. The molecule has 0 atom stereocenters. The molecule has 0 spiro atoms. The van der Waals surface area contributed by atoms with Crippen LogP contribution >= 0.6 is 0 Å². The molecule has 0 aliphatic heterocycles. The summed E-state index contributed by atoms with van der Waals surface area (Å²) in [5.41, 5.74) is 11.7. The van der Waals surface area contributed by atoms with Crippen LogP contribution in [-0.2, 0) is 20.2 Å². The van der Waals surface area contributed by atoms with Gasteiger partial charge < -0.3 is 30.9 Å². The molecule has 7 aromatic carbocycles. The first kappa shape index (κ1) is 47.5. The summed E-state index contributed by atoms with van der Waals surface area (Å²) < 4.78 is 74.9. The van der Waals surface area contributed by atoms with Crippen molar-refractivity contribution < 1.29 is 45.3 Å². The largest absolute Gasteiger partial charge is 0.505 e. The Hall–Kier alpha value is -7.45. The van der Waals surface area contributed by atoms with Gasteiger partial charge in [-0.3, -0.25) is 13.9 Å². The summed E-state index contributed by atoms with van der Waals surface area (Å²) in [5.74, 6) is -0.536. The van der Waals surface area contributed by atoms with E-state index in [0.29, 0.717) is 57.0 Å². The molecule has 0 unspecified atom stereocenters. The van der Waals surface area contributed by atoms with Crippen molar-refractivity contribution in [2.24, 2.45) is 20.5 Å². The van der Waals surface area contributed by atoms with Crippen LogP contribution in [0.1, 0.15) is 40.7 Å². The number of nitrogens with two attached hydrogens (primary N) is 1. The number of rotatable bonds is 19. The second-order valence-corrected chi connectivity index (χ2v) is 18.7. The number of carbonyl (C=O) groups is 1. The molecular weight excluding hydrogens is 899 g/mol. The van der Waals surface area contributed by atoms with Gasteiger partial charge in [0.2, 0.25) is 0 Å². The zero-order valence-electron chi connectivity index (χ0n) is 36.4. The summed E-state index contributed by atoms with van der Waals surface area (Å²) in [7, 11) is -8.26. The van der Waals surface area contributed by atoms with E-state index in [1.807, 2.05) is 48.5 Å². The van der Waals surface area contributed by atoms with Crippen LogP contribution < -0.4 is 25.8 Å². The van der Waals surface area contributed by atoms with Gasteiger partial charge in [0, 0.05) is 45.2 Å². The van der Waals surface area contributed by atoms with Gasteiger partial charge in [0.1, 0.15) is 22.9 Å². The number of fused-ring (bicyclic) bond motifs is 2. The van der Waals surface area contributed by atoms with Gasteiger partial charge in [0.15, 0.2) is 5.75 Å². The molecule has 346 valence electrons. The van der Waals surface area contributed by atoms with Crippen LogP contribution in [0.4, 0.5) is 45.5 Å². The number of carbonyl (C=O) groups excluding carboxylic acids is 1. The van der Waals surface area contributed by atoms with Gasteiger partial charge in [0.05, 0.1) is 36.1 Å². The number of hydrogen-bond donors (Lipinski definition) is 6. The maximum atomic E-state index is 13.4. The zero-order chi connectivity index (χ0) is 47.7. The minimum atomic E-state index is -4.22. The van der Waals surface area contributed by atoms with Gasteiger partial charge in [-0.2, -0.15) is 27.1 Å². The average Bonchev–Trinajstić information content (AvgIpc) is 3.28. The Bertz CT molecular complexity index is 3260. The fraction of sp³-hybridized carbons (Fsp3) is 0.188. The molecule has 0 saturated carbocycles. The molecule has 19 heteroatoms. The highest BCUT2D eigenvalue weighted by molar-refractivity contribution is 7.86. The maximum Gasteiger partial charge on any atom is 0.264 e. The van der Waals surface area contributed by atoms with E-state index in [2.05, 4.69) is 31.1 Å². The molecular formula is C48H47N7O10S2. The van der Waals surface area contributed by atoms with Crippen LogP contribution in [0.25, 0.3) is 21.5 Å². The van der Waals surface area contributed by atoms with Crippen LogP contribution in [0, 0.1) is 13.8 Å². The van der Waals surface area contributed by atoms with Gasteiger partial charge in [-0.1, -0.05) is 24.3 Å². The van der Waals surface area contributed by atoms with E-state index >= 15 is 0 Å². The quantitative estimate of drug-likeness (QED) is 0.0191. The Morgan fingerprint density at radius 2 is 1.21 bits per heavy atom. The van der Waals surface area contributed by atoms with E-state index in [1.54, 1.807) is 86.6 Å². The van der Waals surface area contributed by atoms with Crippen molar-refractivity contribution in [2.75, 3.05) is 41.1 Å². The third kappa shape index (κ3) is 13.1. The topological polar surface area (TPSA) is 264 Å². The predicted octanol–water partition coefficient (Wildman–Crippen LogP) is 11.4. The number of nitrogens with zero attached hydrogens (tertiary/aromatic N) is 4. The molecule has 0 bridgehead atoms. The van der Waals surface area contributed by atoms with Gasteiger partial charge >= 0.3 is 0 Å². The molecule has 7 aromatic rings. The Labute approximate surface area is 386 Å². The lowest BCUT2D eigenvalue weighted by molar-refractivity contribution is 0.102. The number of aromatic hydroxyl groups is 1. The number of anilines is 4. The van der Waals surface area contributed by atoms with Gasteiger partial charge in [0.25, 0.3) is 26.1 Å². The third-order valence-corrected chi connectivity index (χ3v) is 12.0. The predicted molar refractivity (Wildman–Crippen MR) is 260 cm³/mol. The second-order valence-electron chi connectivity index (χ2n) is 15.6. The third-order valence-electron chi connectivity index (χ3n) is 10.4. The Morgan fingerprint density at radius 1 is 0.582 bits per heavy atom. The fourth-order valence-corrected chi connectivity index (χ4v) is 7.98. The first-order chi connectivity index (χ1) is 32.0. The number of nitrogen functional groups attached to an aromatic ring is 1. The SMILES string of the molecule is Cc1cc(C(=O)Nc2ccc3cccc(OCCCCS(=O)(=O)O)c3c2)ccc1N=Nc1cc(OCCCS(=O)(=O)O)c(N=Nc2ccc3cc(Nc4ccc(N)cc4)ccc3c2O)cc1C. The molecule has 17 nitrogen and oxygen atoms in total. The molecule has 67 heavy (non-hydrogen) atoms. The molecule has 0 aliphatic carbocycles. The van der Waals surface area contributed by atoms with E-state index in [-0.39, 0.29) is 60.6 Å². The van der Waals surface area contributed by atoms with Crippen molar-refractivity contribution in [3.63, 3.8) is 0 Å². The summed E-state index contributed by atoms with van der Waals surface area (Å²) in [5, 5.41) is 38.0. The van der Waals surface area contributed by atoms with Crippen LogP contribution in [0.15, 0.2) is 142 Å². The molecule has 0 aliphatic rings. The number of nitrogens with one attached hydrogen (secondary N) is 2. The highest BCUT2D eigenvalue weighted by Gasteiger charge is 2.15. The monoisotopic (exact) mass is 945 g/mol. The van der Waals surface area contributed by atoms with Crippen LogP contribution in [0.3, 0.4) is 0 Å². The fourth-order valence-electron chi connectivity index (χ4n) is 6.92. The lowest BCUT2D eigenvalue weighted by Crippen LogP contribution is -2.12. The standard InChI is InChI=1S/C48H47N7O10S2/c1-30-25-34(48(57)51-38-14-9-32-7-5-8-45(40(32)28-38)64-21-3-4-23-66(58,59)60)11-19-41(30)52-54-43-29-46(65-22-6-24-67(61,62)63)44(26-31(43)2)55-53-42-20-10-33-27-37(17-18-39(33)47(42)56)50-36-15-12-35(49)13-16-36/h5,7-20,25-29,50,56H,3-4,6,21-24,49H2,1-2H3,(H,51,57)(H,58,59,60)(H,61,62,63). The van der Waals surface area contributed by atoms with E-state index in [4.69, 9.17) is 19.8 Å². The summed E-state index contributed by atoms with van der Waals surface area (Å²) in [6, 6.07) is 35.4. The van der Waals surface area contributed by atoms with Crippen LogP contribution in [0.5, 0.6) is 17.2 Å². The first-order valence-electron chi connectivity index (χ1n) is 21.0. The van der Waals surface area contributed by atoms with E-state index in [1.165, 1.54) is 0 Å². The van der Waals surface area contributed by atoms with Crippen molar-refractivity contribution in [3.8, 4) is 17.2 Å². The lowest BCUT2D eigenvalue weighted by atomic mass is 10.1. The maximum absolute atomic E-state index is 13.4. The Kier molecular flexibility index (Phi) is 14.8. The molecule has 0 fully saturated rings. The highest BCUT2D eigenvalue weighted by Crippen LogP contribution is 2.41. The molecule has 1 amide bonds. The summed E-state index contributed by atoms with van der Waals surface area (Å²) >= 11 is 0. The van der Waals surface area contributed by atoms with Gasteiger partial charge in [-0.05, 0) is 146 Å². The molecule has 7 rings (SSSR count). The van der Waals surface area contributed by atoms with Crippen molar-refractivity contribution in [1.82, 2.24) is 0 Å². The second kappa shape index (κ2) is 20.8. The molecule has 0 saturated heterocycles. The van der Waals surface area contributed by atoms with Crippen molar-refractivity contribution >= 4 is 93.2 Å². The summed E-state index contributed by atoms with van der Waals surface area (Å²) in [4.78, 5) is 13.4. The minimum absolute atomic E-state index is 0.0137. The van der Waals surface area contributed by atoms with Gasteiger partial charge in [-0.25, -0.2) is 0 Å². The minimum Gasteiger partial charge on any atom is -0.505 e. The molecule has 0 aromatic heterocycles. The first-order valence-corrected chi connectivity index (χ1v) is 24.2. The summed E-state index contributed by atoms with van der Waals surface area (Å²) in [6.45, 7) is 3.73. The Balaban J connectivity index is 1.06. The number of unbranched alkanes of at least 4 members (excludes halogenated alkanes) is 1. The van der Waals surface area contributed by atoms with Crippen molar-refractivity contribution in [3.05, 3.63) is 138 Å². The summed E-state index contributed by atoms with van der Waals surface area (Å²) in [6.07, 6.45) is 0.659. The van der Waals surface area contributed by atoms with E-state index in [0.717, 1.165) is 27.5 Å². The number of phenols is 1. The smallest absolute Gasteiger partial charge is 0.264 e. The number of ether oxygens (including phenoxy) is 2. The molecule has 0 radical (unpaired) electrons. The van der Waals surface area contributed by atoms with Crippen LogP contribution in [-0.4, -0.2) is 61.7 Å². The number of amides is 1. The lowest BCUT2D eigenvalue weighted by Gasteiger charge is -2.12. The van der Waals surface area contributed by atoms with Gasteiger partial charge in [-0.15, -0.1) is 10.2 Å². The number of hydrogen-bond acceptors (Lipinski definition) is 14.